The summed E-state index contributed by atoms with van der Waals surface area (Å²) >= 11 is 0. The Morgan fingerprint density at radius 2 is 1.88 bits per heavy atom. The van der Waals surface area contributed by atoms with Crippen LogP contribution in [0.25, 0.3) is 0 Å². The van der Waals surface area contributed by atoms with Gasteiger partial charge in [-0.3, -0.25) is 14.5 Å². The molecule has 1 heterocycles. The molecule has 0 aliphatic carbocycles. The Morgan fingerprint density at radius 1 is 1.25 bits per heavy atom. The number of phenolic OH excluding ortho intramolecular Hbond substituents is 1. The van der Waals surface area contributed by atoms with Crippen molar-refractivity contribution in [1.29, 1.82) is 0 Å². The molecule has 9 heteroatoms. The Balaban J connectivity index is 2.50. The molecule has 2 rings (SSSR count). The molecule has 0 fully saturated rings. The minimum atomic E-state index is -4.57. The number of hydrogen-bond acceptors (Lipinski definition) is 6. The summed E-state index contributed by atoms with van der Waals surface area (Å²) in [5.74, 6) is -0.174. The molecule has 8 nitrogen and oxygen atoms in total. The molecule has 24 heavy (non-hydrogen) atoms. The number of rotatable bonds is 6. The number of methoxy groups -OCH3 is 2. The molecule has 0 saturated heterocycles. The first-order valence-electron chi connectivity index (χ1n) is 6.81. The van der Waals surface area contributed by atoms with Gasteiger partial charge < -0.3 is 24.4 Å². The summed E-state index contributed by atoms with van der Waals surface area (Å²) in [6, 6.07) is 5.97. The summed E-state index contributed by atoms with van der Waals surface area (Å²) in [4.78, 5) is 27.3. The molecule has 0 saturated carbocycles. The van der Waals surface area contributed by atoms with E-state index < -0.39 is 13.3 Å². The number of aliphatic imine (C=N–C) groups is 1. The standard InChI is InChI=1S/C15H17N2O6P/c1-22-12-6-10(7-13(23-2)15(12)18)14(24(19,20)21)9-17-11-4-3-5-16-8-11/h3-9,14,18H,1-2H3,(H2,19,20,21). The third-order valence-corrected chi connectivity index (χ3v) is 4.37. The highest BCUT2D eigenvalue weighted by atomic mass is 31.2. The van der Waals surface area contributed by atoms with E-state index in [4.69, 9.17) is 9.47 Å². The Kier molecular flexibility index (Phi) is 5.56. The van der Waals surface area contributed by atoms with Gasteiger partial charge in [0.1, 0.15) is 5.66 Å². The van der Waals surface area contributed by atoms with Crippen LogP contribution < -0.4 is 9.47 Å². The minimum Gasteiger partial charge on any atom is -0.502 e. The molecule has 1 unspecified atom stereocenters. The molecule has 0 bridgehead atoms. The van der Waals surface area contributed by atoms with Crippen LogP contribution >= 0.6 is 7.60 Å². The number of nitrogens with zero attached hydrogens (tertiary/aromatic N) is 2. The number of pyridine rings is 1. The first kappa shape index (κ1) is 17.9. The van der Waals surface area contributed by atoms with Crippen molar-refractivity contribution in [2.75, 3.05) is 14.2 Å². The fourth-order valence-corrected chi connectivity index (χ4v) is 2.82. The van der Waals surface area contributed by atoms with E-state index in [1.54, 1.807) is 18.3 Å². The Hall–Kier alpha value is -2.41. The third kappa shape index (κ3) is 4.11. The fraction of sp³-hybridized carbons (Fsp3) is 0.200. The van der Waals surface area contributed by atoms with Gasteiger partial charge in [-0.15, -0.1) is 0 Å². The van der Waals surface area contributed by atoms with Crippen molar-refractivity contribution in [1.82, 2.24) is 4.98 Å². The van der Waals surface area contributed by atoms with Crippen molar-refractivity contribution in [3.05, 3.63) is 42.2 Å². The van der Waals surface area contributed by atoms with Gasteiger partial charge in [-0.05, 0) is 29.8 Å². The Labute approximate surface area is 138 Å². The lowest BCUT2D eigenvalue weighted by Crippen LogP contribution is -2.03. The highest BCUT2D eigenvalue weighted by Gasteiger charge is 2.31. The van der Waals surface area contributed by atoms with Crippen molar-refractivity contribution >= 4 is 19.5 Å². The lowest BCUT2D eigenvalue weighted by molar-refractivity contribution is 0.338. The van der Waals surface area contributed by atoms with E-state index in [9.17, 15) is 19.5 Å². The van der Waals surface area contributed by atoms with Gasteiger partial charge in [-0.2, -0.15) is 0 Å². The quantitative estimate of drug-likeness (QED) is 0.539. The predicted molar refractivity (Wildman–Crippen MR) is 88.4 cm³/mol. The smallest absolute Gasteiger partial charge is 0.338 e. The normalized spacial score (nSPS) is 13.0. The highest BCUT2D eigenvalue weighted by molar-refractivity contribution is 7.53. The van der Waals surface area contributed by atoms with Gasteiger partial charge in [0.05, 0.1) is 26.1 Å². The van der Waals surface area contributed by atoms with Gasteiger partial charge in [0.25, 0.3) is 0 Å². The van der Waals surface area contributed by atoms with Gasteiger partial charge in [-0.1, -0.05) is 0 Å². The molecule has 3 N–H and O–H groups in total. The largest absolute Gasteiger partial charge is 0.502 e. The van der Waals surface area contributed by atoms with Gasteiger partial charge in [0.15, 0.2) is 11.5 Å². The molecule has 0 spiro atoms. The fourth-order valence-electron chi connectivity index (χ4n) is 2.04. The van der Waals surface area contributed by atoms with Crippen LogP contribution in [0.15, 0.2) is 41.7 Å². The first-order valence-corrected chi connectivity index (χ1v) is 8.49. The summed E-state index contributed by atoms with van der Waals surface area (Å²) in [6.45, 7) is 0. The minimum absolute atomic E-state index is 0.0394. The van der Waals surface area contributed by atoms with Gasteiger partial charge in [0.2, 0.25) is 5.75 Å². The van der Waals surface area contributed by atoms with Crippen LogP contribution in [0.2, 0.25) is 0 Å². The second-order valence-electron chi connectivity index (χ2n) is 4.80. The SMILES string of the molecule is COc1cc(C(C=Nc2cccnc2)P(=O)(O)O)cc(OC)c1O. The van der Waals surface area contributed by atoms with Gasteiger partial charge >= 0.3 is 7.60 Å². The second kappa shape index (κ2) is 7.44. The van der Waals surface area contributed by atoms with Crippen molar-refractivity contribution < 1.29 is 28.9 Å². The van der Waals surface area contributed by atoms with Crippen LogP contribution in [0.1, 0.15) is 11.2 Å². The van der Waals surface area contributed by atoms with Crippen LogP contribution in [-0.4, -0.2) is 40.3 Å². The summed E-state index contributed by atoms with van der Waals surface area (Å²) in [5.41, 5.74) is -0.683. The average molecular weight is 352 g/mol. The van der Waals surface area contributed by atoms with E-state index in [0.717, 1.165) is 6.21 Å². The van der Waals surface area contributed by atoms with E-state index in [-0.39, 0.29) is 22.8 Å². The first-order chi connectivity index (χ1) is 11.4. The van der Waals surface area contributed by atoms with Gasteiger partial charge in [0, 0.05) is 12.4 Å². The Morgan fingerprint density at radius 3 is 2.33 bits per heavy atom. The molecule has 0 aliphatic heterocycles. The van der Waals surface area contributed by atoms with Crippen LogP contribution in [0, 0.1) is 0 Å². The number of ether oxygens (including phenoxy) is 2. The number of phenols is 1. The Bertz CT molecular complexity index is 750. The molecular formula is C15H17N2O6P. The van der Waals surface area contributed by atoms with E-state index in [0.29, 0.717) is 5.69 Å². The van der Waals surface area contributed by atoms with Crippen molar-refractivity contribution in [3.8, 4) is 17.2 Å². The summed E-state index contributed by atoms with van der Waals surface area (Å²) < 4.78 is 21.9. The zero-order valence-electron chi connectivity index (χ0n) is 13.0. The molecular weight excluding hydrogens is 335 g/mol. The van der Waals surface area contributed by atoms with E-state index in [1.807, 2.05) is 0 Å². The molecule has 1 aromatic heterocycles. The lowest BCUT2D eigenvalue weighted by atomic mass is 10.1. The van der Waals surface area contributed by atoms with Crippen molar-refractivity contribution in [3.63, 3.8) is 0 Å². The maximum atomic E-state index is 11.9. The van der Waals surface area contributed by atoms with E-state index in [1.165, 1.54) is 32.5 Å². The average Bonchev–Trinajstić information content (AvgIpc) is 2.55. The highest BCUT2D eigenvalue weighted by Crippen LogP contribution is 2.53. The summed E-state index contributed by atoms with van der Waals surface area (Å²) in [7, 11) is -1.92. The topological polar surface area (TPSA) is 121 Å². The zero-order valence-corrected chi connectivity index (χ0v) is 13.9. The maximum absolute atomic E-state index is 11.9. The molecule has 0 radical (unpaired) electrons. The molecule has 2 aromatic rings. The lowest BCUT2D eigenvalue weighted by Gasteiger charge is -2.17. The van der Waals surface area contributed by atoms with E-state index >= 15 is 0 Å². The molecule has 1 atom stereocenters. The van der Waals surface area contributed by atoms with Crippen LogP contribution in [-0.2, 0) is 4.57 Å². The van der Waals surface area contributed by atoms with Crippen molar-refractivity contribution in [2.24, 2.45) is 4.99 Å². The number of benzene rings is 1. The molecule has 1 aromatic carbocycles. The van der Waals surface area contributed by atoms with Crippen molar-refractivity contribution in [2.45, 2.75) is 5.66 Å². The number of aromatic nitrogens is 1. The molecule has 0 amide bonds. The molecule has 0 aliphatic rings. The molecule has 128 valence electrons. The zero-order chi connectivity index (χ0) is 17.7. The van der Waals surface area contributed by atoms with Crippen LogP contribution in [0.3, 0.4) is 0 Å². The predicted octanol–water partition coefficient (Wildman–Crippen LogP) is 2.43. The maximum Gasteiger partial charge on any atom is 0.338 e. The van der Waals surface area contributed by atoms with Crippen LogP contribution in [0.4, 0.5) is 5.69 Å². The third-order valence-electron chi connectivity index (χ3n) is 3.22. The van der Waals surface area contributed by atoms with Gasteiger partial charge in [-0.25, -0.2) is 0 Å². The monoisotopic (exact) mass is 352 g/mol. The summed E-state index contributed by atoms with van der Waals surface area (Å²) in [6.07, 6.45) is 4.17. The number of aromatic hydroxyl groups is 1. The number of hydrogen-bond donors (Lipinski definition) is 3. The van der Waals surface area contributed by atoms with E-state index in [2.05, 4.69) is 9.98 Å². The summed E-state index contributed by atoms with van der Waals surface area (Å²) in [5, 5.41) is 9.92. The second-order valence-corrected chi connectivity index (χ2v) is 6.53. The van der Waals surface area contributed by atoms with Crippen LogP contribution in [0.5, 0.6) is 17.2 Å².